The molecule has 2 aliphatic rings. The molecular weight excluding hydrogens is 292 g/mol. The van der Waals surface area contributed by atoms with Crippen LogP contribution in [0.4, 0.5) is 0 Å². The van der Waals surface area contributed by atoms with E-state index in [0.29, 0.717) is 31.5 Å². The number of ether oxygens (including phenoxy) is 2. The minimum Gasteiger partial charge on any atom is -0.376 e. The zero-order valence-electron chi connectivity index (χ0n) is 14.0. The van der Waals surface area contributed by atoms with Gasteiger partial charge < -0.3 is 14.4 Å². The molecule has 1 spiro atoms. The summed E-state index contributed by atoms with van der Waals surface area (Å²) >= 11 is 0. The van der Waals surface area contributed by atoms with Gasteiger partial charge in [-0.2, -0.15) is 0 Å². The summed E-state index contributed by atoms with van der Waals surface area (Å²) in [6.07, 6.45) is 5.20. The molecule has 2 aliphatic heterocycles. The van der Waals surface area contributed by atoms with Crippen molar-refractivity contribution in [1.29, 1.82) is 0 Å². The zero-order valence-corrected chi connectivity index (χ0v) is 14.0. The summed E-state index contributed by atoms with van der Waals surface area (Å²) < 4.78 is 11.9. The van der Waals surface area contributed by atoms with Gasteiger partial charge in [-0.25, -0.2) is 0 Å². The second-order valence-electron chi connectivity index (χ2n) is 7.12. The SMILES string of the molecule is CC(C)CC(=O)N1CC2(C1)OCC[C@@H]2COCc1ccncc1. The molecule has 3 heterocycles. The highest BCUT2D eigenvalue weighted by Crippen LogP contribution is 2.40. The second-order valence-corrected chi connectivity index (χ2v) is 7.12. The molecule has 0 saturated carbocycles. The van der Waals surface area contributed by atoms with Gasteiger partial charge in [0.15, 0.2) is 0 Å². The number of nitrogens with zero attached hydrogens (tertiary/aromatic N) is 2. The molecule has 1 aromatic heterocycles. The van der Waals surface area contributed by atoms with Crippen LogP contribution in [0.5, 0.6) is 0 Å². The standard InChI is InChI=1S/C18H26N2O3/c1-14(2)9-17(21)20-12-18(13-20)16(5-8-23-18)11-22-10-15-3-6-19-7-4-15/h3-4,6-7,14,16H,5,8-13H2,1-2H3/t16-/m1/s1. The average Bonchev–Trinajstić information content (AvgIpc) is 2.90. The third kappa shape index (κ3) is 3.72. The Bertz CT molecular complexity index is 526. The van der Waals surface area contributed by atoms with Gasteiger partial charge in [-0.3, -0.25) is 9.78 Å². The van der Waals surface area contributed by atoms with Gasteiger partial charge in [0, 0.05) is 31.3 Å². The number of likely N-dealkylation sites (tertiary alicyclic amines) is 1. The number of carbonyl (C=O) groups excluding carboxylic acids is 1. The van der Waals surface area contributed by atoms with Crippen LogP contribution in [0.3, 0.4) is 0 Å². The second kappa shape index (κ2) is 6.97. The molecule has 0 N–H and O–H groups in total. The van der Waals surface area contributed by atoms with Crippen molar-refractivity contribution in [1.82, 2.24) is 9.88 Å². The first-order valence-electron chi connectivity index (χ1n) is 8.47. The van der Waals surface area contributed by atoms with Crippen molar-refractivity contribution in [3.8, 4) is 0 Å². The van der Waals surface area contributed by atoms with E-state index < -0.39 is 0 Å². The van der Waals surface area contributed by atoms with Crippen molar-refractivity contribution in [2.75, 3.05) is 26.3 Å². The van der Waals surface area contributed by atoms with Crippen molar-refractivity contribution in [2.24, 2.45) is 11.8 Å². The number of pyridine rings is 1. The lowest BCUT2D eigenvalue weighted by molar-refractivity contribution is -0.169. The highest BCUT2D eigenvalue weighted by molar-refractivity contribution is 5.77. The molecule has 5 nitrogen and oxygen atoms in total. The molecule has 1 atom stereocenters. The molecule has 23 heavy (non-hydrogen) atoms. The van der Waals surface area contributed by atoms with Crippen molar-refractivity contribution in [3.63, 3.8) is 0 Å². The highest BCUT2D eigenvalue weighted by Gasteiger charge is 2.54. The van der Waals surface area contributed by atoms with Crippen molar-refractivity contribution in [3.05, 3.63) is 30.1 Å². The molecule has 1 amide bonds. The average molecular weight is 318 g/mol. The first-order chi connectivity index (χ1) is 11.1. The van der Waals surface area contributed by atoms with Gasteiger partial charge in [-0.1, -0.05) is 13.8 Å². The van der Waals surface area contributed by atoms with E-state index in [-0.39, 0.29) is 11.5 Å². The van der Waals surface area contributed by atoms with Gasteiger partial charge in [-0.05, 0) is 30.0 Å². The lowest BCUT2D eigenvalue weighted by Gasteiger charge is -2.50. The summed E-state index contributed by atoms with van der Waals surface area (Å²) in [5.41, 5.74) is 0.973. The molecule has 0 aliphatic carbocycles. The fraction of sp³-hybridized carbons (Fsp3) is 0.667. The van der Waals surface area contributed by atoms with Crippen LogP contribution in [-0.4, -0.2) is 47.7 Å². The summed E-state index contributed by atoms with van der Waals surface area (Å²) in [7, 11) is 0. The summed E-state index contributed by atoms with van der Waals surface area (Å²) in [6, 6.07) is 3.94. The van der Waals surface area contributed by atoms with Crippen LogP contribution in [0.25, 0.3) is 0 Å². The smallest absolute Gasteiger partial charge is 0.223 e. The van der Waals surface area contributed by atoms with Gasteiger partial charge in [0.25, 0.3) is 0 Å². The van der Waals surface area contributed by atoms with Gasteiger partial charge in [0.1, 0.15) is 5.60 Å². The summed E-state index contributed by atoms with van der Waals surface area (Å²) in [5, 5.41) is 0. The number of aromatic nitrogens is 1. The van der Waals surface area contributed by atoms with E-state index in [1.807, 2.05) is 17.0 Å². The van der Waals surface area contributed by atoms with Crippen LogP contribution in [0.1, 0.15) is 32.3 Å². The number of carbonyl (C=O) groups is 1. The molecule has 0 radical (unpaired) electrons. The molecule has 0 unspecified atom stereocenters. The first kappa shape index (κ1) is 16.4. The van der Waals surface area contributed by atoms with Crippen LogP contribution in [-0.2, 0) is 20.9 Å². The Hall–Kier alpha value is -1.46. The van der Waals surface area contributed by atoms with Crippen molar-refractivity contribution >= 4 is 5.91 Å². The molecule has 1 aromatic rings. The summed E-state index contributed by atoms with van der Waals surface area (Å²) in [6.45, 7) is 7.67. The fourth-order valence-corrected chi connectivity index (χ4v) is 3.42. The molecule has 0 aromatic carbocycles. The van der Waals surface area contributed by atoms with E-state index in [4.69, 9.17) is 9.47 Å². The Labute approximate surface area is 138 Å². The molecule has 5 heteroatoms. The maximum Gasteiger partial charge on any atom is 0.223 e. The maximum atomic E-state index is 12.1. The number of amides is 1. The molecule has 2 saturated heterocycles. The third-order valence-electron chi connectivity index (χ3n) is 4.79. The first-order valence-corrected chi connectivity index (χ1v) is 8.47. The number of rotatable bonds is 6. The normalized spacial score (nSPS) is 22.6. The number of hydrogen-bond donors (Lipinski definition) is 0. The topological polar surface area (TPSA) is 51.7 Å². The lowest BCUT2D eigenvalue weighted by Crippen LogP contribution is -2.66. The van der Waals surface area contributed by atoms with Crippen LogP contribution < -0.4 is 0 Å². The molecule has 0 bridgehead atoms. The van der Waals surface area contributed by atoms with Crippen molar-refractivity contribution in [2.45, 2.75) is 38.9 Å². The lowest BCUT2D eigenvalue weighted by atomic mass is 9.81. The van der Waals surface area contributed by atoms with E-state index in [2.05, 4.69) is 18.8 Å². The minimum atomic E-state index is -0.162. The Balaban J connectivity index is 1.46. The predicted octanol–water partition coefficient (Wildman–Crippen LogP) is 2.26. The van der Waals surface area contributed by atoms with Crippen LogP contribution in [0, 0.1) is 11.8 Å². The van der Waals surface area contributed by atoms with Gasteiger partial charge in [0.2, 0.25) is 5.91 Å². The third-order valence-corrected chi connectivity index (χ3v) is 4.79. The zero-order chi connectivity index (χ0) is 16.3. The largest absolute Gasteiger partial charge is 0.376 e. The van der Waals surface area contributed by atoms with E-state index in [1.165, 1.54) is 0 Å². The van der Waals surface area contributed by atoms with Crippen LogP contribution in [0.2, 0.25) is 0 Å². The van der Waals surface area contributed by atoms with Gasteiger partial charge in [0.05, 0.1) is 26.3 Å². The van der Waals surface area contributed by atoms with E-state index in [1.54, 1.807) is 12.4 Å². The number of hydrogen-bond acceptors (Lipinski definition) is 4. The van der Waals surface area contributed by atoms with Gasteiger partial charge in [-0.15, -0.1) is 0 Å². The van der Waals surface area contributed by atoms with E-state index in [9.17, 15) is 4.79 Å². The molecule has 126 valence electrons. The Morgan fingerprint density at radius 1 is 1.43 bits per heavy atom. The summed E-state index contributed by atoms with van der Waals surface area (Å²) in [4.78, 5) is 18.1. The van der Waals surface area contributed by atoms with Gasteiger partial charge >= 0.3 is 0 Å². The predicted molar refractivity (Wildman–Crippen MR) is 86.7 cm³/mol. The van der Waals surface area contributed by atoms with Crippen LogP contribution in [0.15, 0.2) is 24.5 Å². The minimum absolute atomic E-state index is 0.162. The molecular formula is C18H26N2O3. The Kier molecular flexibility index (Phi) is 4.97. The molecule has 2 fully saturated rings. The van der Waals surface area contributed by atoms with E-state index in [0.717, 1.165) is 31.7 Å². The quantitative estimate of drug-likeness (QED) is 0.807. The monoisotopic (exact) mass is 318 g/mol. The Morgan fingerprint density at radius 2 is 2.17 bits per heavy atom. The fourth-order valence-electron chi connectivity index (χ4n) is 3.42. The maximum absolute atomic E-state index is 12.1. The Morgan fingerprint density at radius 3 is 2.87 bits per heavy atom. The summed E-state index contributed by atoms with van der Waals surface area (Å²) in [5.74, 6) is 1.04. The molecule has 3 rings (SSSR count). The highest BCUT2D eigenvalue weighted by atomic mass is 16.5. The van der Waals surface area contributed by atoms with Crippen LogP contribution >= 0.6 is 0 Å². The van der Waals surface area contributed by atoms with E-state index >= 15 is 0 Å². The van der Waals surface area contributed by atoms with Crippen molar-refractivity contribution < 1.29 is 14.3 Å².